The molecule has 3 nitrogen and oxygen atoms in total. The van der Waals surface area contributed by atoms with Crippen LogP contribution in [-0.4, -0.2) is 52.7 Å². The standard InChI is InChI=1S/C20H45N2OPSSi/c1-13-14-19-20(23-19,26(10,11)12)24(25,21(15(2)3)16(4)5)22(17(6)7)18(8)9/h15-19H,13-14H2,1-12H3/t19-,20+/m0/s1. The topological polar surface area (TPSA) is 19.0 Å². The van der Waals surface area contributed by atoms with Crippen LogP contribution in [0.25, 0.3) is 0 Å². The molecular weight excluding hydrogens is 375 g/mol. The first-order valence-electron chi connectivity index (χ1n) is 10.6. The normalized spacial score (nSPS) is 24.8. The third-order valence-corrected chi connectivity index (χ3v) is 17.8. The van der Waals surface area contributed by atoms with Crippen molar-refractivity contribution in [1.29, 1.82) is 0 Å². The Labute approximate surface area is 170 Å². The summed E-state index contributed by atoms with van der Waals surface area (Å²) in [6.45, 7) is 28.2. The van der Waals surface area contributed by atoms with Crippen molar-refractivity contribution >= 4 is 26.2 Å². The molecular formula is C20H45N2OPSSi. The zero-order valence-electron chi connectivity index (χ0n) is 19.5. The number of hydrogen-bond donors (Lipinski definition) is 0. The van der Waals surface area contributed by atoms with E-state index in [1.54, 1.807) is 0 Å². The maximum absolute atomic E-state index is 6.86. The quantitative estimate of drug-likeness (QED) is 0.234. The van der Waals surface area contributed by atoms with Gasteiger partial charge in [-0.2, -0.15) is 0 Å². The molecule has 2 atom stereocenters. The first-order chi connectivity index (χ1) is 11.7. The summed E-state index contributed by atoms with van der Waals surface area (Å²) in [7, 11) is -1.68. The fourth-order valence-corrected chi connectivity index (χ4v) is 20.2. The van der Waals surface area contributed by atoms with Gasteiger partial charge >= 0.3 is 0 Å². The highest BCUT2D eigenvalue weighted by molar-refractivity contribution is 8.14. The summed E-state index contributed by atoms with van der Waals surface area (Å²) in [4.78, 5) is -0.103. The van der Waals surface area contributed by atoms with Crippen molar-refractivity contribution in [2.24, 2.45) is 0 Å². The number of nitrogens with zero attached hydrogens (tertiary/aromatic N) is 2. The third kappa shape index (κ3) is 4.04. The van der Waals surface area contributed by atoms with Gasteiger partial charge in [0.25, 0.3) is 0 Å². The van der Waals surface area contributed by atoms with Crippen LogP contribution in [0.15, 0.2) is 0 Å². The van der Waals surface area contributed by atoms with Crippen LogP contribution >= 0.6 is 6.34 Å². The van der Waals surface area contributed by atoms with Gasteiger partial charge in [0.15, 0.2) is 0 Å². The van der Waals surface area contributed by atoms with Crippen LogP contribution < -0.4 is 0 Å². The van der Waals surface area contributed by atoms with Crippen molar-refractivity contribution in [3.05, 3.63) is 0 Å². The highest BCUT2D eigenvalue weighted by Gasteiger charge is 2.74. The van der Waals surface area contributed by atoms with E-state index in [-0.39, 0.29) is 4.97 Å². The number of ether oxygens (including phenoxy) is 1. The van der Waals surface area contributed by atoms with Crippen LogP contribution in [0, 0.1) is 0 Å². The van der Waals surface area contributed by atoms with Gasteiger partial charge < -0.3 is 4.74 Å². The van der Waals surface area contributed by atoms with Crippen LogP contribution in [0.4, 0.5) is 0 Å². The van der Waals surface area contributed by atoms with Crippen molar-refractivity contribution in [3.8, 4) is 0 Å². The Morgan fingerprint density at radius 3 is 1.46 bits per heavy atom. The first-order valence-corrected chi connectivity index (χ1v) is 16.8. The summed E-state index contributed by atoms with van der Waals surface area (Å²) in [5.41, 5.74) is 0. The lowest BCUT2D eigenvalue weighted by Crippen LogP contribution is -2.56. The second kappa shape index (κ2) is 8.63. The highest BCUT2D eigenvalue weighted by Crippen LogP contribution is 2.77. The SMILES string of the molecule is CCC[C@@H]1O[C@@]1([Si](C)(C)C)P(=S)(N(C(C)C)C(C)C)N(C(C)C)C(C)C. The lowest BCUT2D eigenvalue weighted by Gasteiger charge is -2.55. The van der Waals surface area contributed by atoms with E-state index >= 15 is 0 Å². The molecule has 0 bridgehead atoms. The molecule has 1 aliphatic heterocycles. The third-order valence-electron chi connectivity index (χ3n) is 5.50. The maximum Gasteiger partial charge on any atom is 0.135 e. The molecule has 0 amide bonds. The first kappa shape index (κ1) is 24.8. The Morgan fingerprint density at radius 2 is 1.23 bits per heavy atom. The summed E-state index contributed by atoms with van der Waals surface area (Å²) >= 11 is 6.86. The Kier molecular flexibility index (Phi) is 8.23. The van der Waals surface area contributed by atoms with E-state index in [2.05, 4.69) is 91.3 Å². The Balaban J connectivity index is 3.77. The Morgan fingerprint density at radius 1 is 0.885 bits per heavy atom. The van der Waals surface area contributed by atoms with Crippen molar-refractivity contribution < 1.29 is 4.74 Å². The minimum atomic E-state index is -2.12. The fourth-order valence-electron chi connectivity index (χ4n) is 4.96. The molecule has 1 rings (SSSR count). The monoisotopic (exact) mass is 420 g/mol. The number of rotatable bonds is 10. The molecule has 0 unspecified atom stereocenters. The van der Waals surface area contributed by atoms with E-state index in [0.717, 1.165) is 6.42 Å². The molecule has 0 radical (unpaired) electrons. The Hall–Kier alpha value is 0.747. The van der Waals surface area contributed by atoms with Gasteiger partial charge in [-0.05, 0) is 61.8 Å². The maximum atomic E-state index is 6.86. The second-order valence-corrected chi connectivity index (χ2v) is 19.9. The predicted octanol–water partition coefficient (Wildman–Crippen LogP) is 6.31. The van der Waals surface area contributed by atoms with Crippen LogP contribution in [0.1, 0.15) is 75.2 Å². The molecule has 1 saturated heterocycles. The summed E-state index contributed by atoms with van der Waals surface area (Å²) in [5.74, 6) is 0. The molecule has 0 aromatic carbocycles. The van der Waals surface area contributed by atoms with E-state index in [9.17, 15) is 0 Å². The lowest BCUT2D eigenvalue weighted by molar-refractivity contribution is 0.241. The van der Waals surface area contributed by atoms with Gasteiger partial charge in [0, 0.05) is 24.2 Å². The minimum Gasteiger partial charge on any atom is -0.362 e. The lowest BCUT2D eigenvalue weighted by atomic mass is 10.3. The largest absolute Gasteiger partial charge is 0.362 e. The van der Waals surface area contributed by atoms with Crippen molar-refractivity contribution in [2.45, 2.75) is 130 Å². The average Bonchev–Trinajstić information content (AvgIpc) is 3.12. The molecule has 0 saturated carbocycles. The number of epoxide rings is 1. The van der Waals surface area contributed by atoms with Gasteiger partial charge in [0.2, 0.25) is 0 Å². The molecule has 0 aliphatic carbocycles. The molecule has 0 aromatic rings. The van der Waals surface area contributed by atoms with E-state index in [0.29, 0.717) is 30.3 Å². The van der Waals surface area contributed by atoms with Gasteiger partial charge in [0.1, 0.15) is 11.3 Å². The molecule has 0 N–H and O–H groups in total. The summed E-state index contributed by atoms with van der Waals surface area (Å²) in [6.07, 6.45) is 0.515. The van der Waals surface area contributed by atoms with E-state index in [1.165, 1.54) is 6.42 Å². The molecule has 1 heterocycles. The van der Waals surface area contributed by atoms with Crippen molar-refractivity contribution in [3.63, 3.8) is 0 Å². The zero-order valence-corrected chi connectivity index (χ0v) is 22.2. The van der Waals surface area contributed by atoms with Crippen LogP contribution in [0.2, 0.25) is 19.6 Å². The van der Waals surface area contributed by atoms with E-state index in [1.807, 2.05) is 0 Å². The molecule has 0 spiro atoms. The van der Waals surface area contributed by atoms with Gasteiger partial charge in [-0.15, -0.1) is 0 Å². The van der Waals surface area contributed by atoms with E-state index < -0.39 is 14.4 Å². The molecule has 1 aliphatic rings. The van der Waals surface area contributed by atoms with Crippen molar-refractivity contribution in [1.82, 2.24) is 9.34 Å². The van der Waals surface area contributed by atoms with Gasteiger partial charge in [-0.25, -0.2) is 0 Å². The Bertz CT molecular complexity index is 478. The van der Waals surface area contributed by atoms with Gasteiger partial charge in [0.05, 0.1) is 14.2 Å². The van der Waals surface area contributed by atoms with Crippen LogP contribution in [0.5, 0.6) is 0 Å². The molecule has 1 fully saturated rings. The van der Waals surface area contributed by atoms with Gasteiger partial charge in [-0.3, -0.25) is 9.34 Å². The zero-order chi connectivity index (χ0) is 20.7. The molecule has 6 heteroatoms. The van der Waals surface area contributed by atoms with Crippen LogP contribution in [0.3, 0.4) is 0 Å². The minimum absolute atomic E-state index is 0.103. The van der Waals surface area contributed by atoms with Crippen molar-refractivity contribution in [2.75, 3.05) is 0 Å². The van der Waals surface area contributed by atoms with Gasteiger partial charge in [-0.1, -0.05) is 44.8 Å². The highest BCUT2D eigenvalue weighted by atomic mass is 32.4. The average molecular weight is 421 g/mol. The summed E-state index contributed by atoms with van der Waals surface area (Å²) in [6, 6.07) is 1.67. The smallest absolute Gasteiger partial charge is 0.135 e. The second-order valence-electron chi connectivity index (χ2n) is 10.0. The molecule has 26 heavy (non-hydrogen) atoms. The van der Waals surface area contributed by atoms with Crippen LogP contribution in [-0.2, 0) is 16.5 Å². The molecule has 156 valence electrons. The fraction of sp³-hybridized carbons (Fsp3) is 1.00. The summed E-state index contributed by atoms with van der Waals surface area (Å²) in [5, 5.41) is 0. The molecule has 0 aromatic heterocycles. The number of hydrogen-bond acceptors (Lipinski definition) is 2. The predicted molar refractivity (Wildman–Crippen MR) is 124 cm³/mol. The summed E-state index contributed by atoms with van der Waals surface area (Å²) < 4.78 is 12.1. The van der Waals surface area contributed by atoms with E-state index in [4.69, 9.17) is 16.5 Å².